The van der Waals surface area contributed by atoms with Gasteiger partial charge in [-0.3, -0.25) is 0 Å². The minimum absolute atomic E-state index is 0.0189. The lowest BCUT2D eigenvalue weighted by atomic mass is 9.91. The molecule has 5 rings (SSSR count). The zero-order chi connectivity index (χ0) is 20.2. The van der Waals surface area contributed by atoms with Crippen LogP contribution in [-0.2, 0) is 4.74 Å². The third-order valence-electron chi connectivity index (χ3n) is 5.02. The predicted octanol–water partition coefficient (Wildman–Crippen LogP) is 4.06. The first-order valence-electron chi connectivity index (χ1n) is 9.07. The minimum atomic E-state index is -0.720. The van der Waals surface area contributed by atoms with Crippen molar-refractivity contribution in [1.82, 2.24) is 19.9 Å². The number of carbonyl (C=O) groups excluding carboxylic acids is 1. The van der Waals surface area contributed by atoms with Crippen molar-refractivity contribution in [3.8, 4) is 0 Å². The van der Waals surface area contributed by atoms with Crippen LogP contribution in [0.4, 0.5) is 15.0 Å². The Bertz CT molecular complexity index is 952. The van der Waals surface area contributed by atoms with Gasteiger partial charge in [-0.15, -0.1) is 0 Å². The first-order valence-corrected chi connectivity index (χ1v) is 9.83. The number of hydrogen-bond donors (Lipinski definition) is 0. The maximum atomic E-state index is 14.4. The zero-order valence-electron chi connectivity index (χ0n) is 15.7. The fraction of sp³-hybridized carbons (Fsp3) is 0.556. The normalized spacial score (nSPS) is 22.1. The Balaban J connectivity index is 1.66. The Morgan fingerprint density at radius 3 is 2.57 bits per heavy atom. The summed E-state index contributed by atoms with van der Waals surface area (Å²) in [5, 5.41) is 0.126. The number of aromatic nitrogens is 3. The molecule has 10 heteroatoms. The van der Waals surface area contributed by atoms with Gasteiger partial charge in [-0.2, -0.15) is 4.98 Å². The number of hydrogen-bond acceptors (Lipinski definition) is 6. The maximum absolute atomic E-state index is 14.4. The molecule has 3 aliphatic heterocycles. The van der Waals surface area contributed by atoms with E-state index in [-0.39, 0.29) is 34.1 Å². The molecule has 0 N–H and O–H groups in total. The second kappa shape index (κ2) is 6.84. The first kappa shape index (κ1) is 19.4. The molecule has 1 amide bonds. The van der Waals surface area contributed by atoms with Crippen molar-refractivity contribution in [1.29, 1.82) is 0 Å². The average molecular weight is 428 g/mol. The molecule has 0 saturated carbocycles. The summed E-state index contributed by atoms with van der Waals surface area (Å²) >= 11 is 11.8. The van der Waals surface area contributed by atoms with E-state index in [1.54, 1.807) is 4.90 Å². The number of nitrogens with zero attached hydrogens (tertiary/aromatic N) is 5. The van der Waals surface area contributed by atoms with E-state index in [4.69, 9.17) is 27.9 Å². The third-order valence-corrected chi connectivity index (χ3v) is 5.46. The van der Waals surface area contributed by atoms with Gasteiger partial charge in [0.15, 0.2) is 11.0 Å². The molecule has 3 aliphatic rings. The number of fused-ring (bicyclic) bond motifs is 4. The number of rotatable bonds is 1. The summed E-state index contributed by atoms with van der Waals surface area (Å²) in [4.78, 5) is 28.6. The van der Waals surface area contributed by atoms with Gasteiger partial charge in [-0.1, -0.05) is 11.6 Å². The highest BCUT2D eigenvalue weighted by atomic mass is 35.5. The fourth-order valence-corrected chi connectivity index (χ4v) is 4.15. The van der Waals surface area contributed by atoms with Crippen molar-refractivity contribution < 1.29 is 13.9 Å². The van der Waals surface area contributed by atoms with E-state index in [1.807, 2.05) is 20.8 Å². The quantitative estimate of drug-likeness (QED) is 0.504. The van der Waals surface area contributed by atoms with E-state index < -0.39 is 11.4 Å². The molecule has 0 spiro atoms. The van der Waals surface area contributed by atoms with E-state index in [1.165, 1.54) is 6.20 Å². The SMILES string of the molecule is CC(C)(C)OC(=O)N1CC2CCC1CN2c1nc(Cl)nc2c(F)c(Cl)ncc12. The van der Waals surface area contributed by atoms with Gasteiger partial charge < -0.3 is 14.5 Å². The van der Waals surface area contributed by atoms with Crippen molar-refractivity contribution in [2.75, 3.05) is 18.0 Å². The van der Waals surface area contributed by atoms with Gasteiger partial charge in [0.2, 0.25) is 5.28 Å². The van der Waals surface area contributed by atoms with Crippen LogP contribution in [0.15, 0.2) is 6.20 Å². The molecule has 2 aromatic rings. The highest BCUT2D eigenvalue weighted by molar-refractivity contribution is 6.30. The van der Waals surface area contributed by atoms with Crippen molar-refractivity contribution in [2.45, 2.75) is 51.3 Å². The molecule has 150 valence electrons. The Kier molecular flexibility index (Phi) is 4.74. The summed E-state index contributed by atoms with van der Waals surface area (Å²) in [6.45, 7) is 6.60. The molecular weight excluding hydrogens is 408 g/mol. The highest BCUT2D eigenvalue weighted by Crippen LogP contribution is 2.37. The van der Waals surface area contributed by atoms with E-state index in [2.05, 4.69) is 19.9 Å². The smallest absolute Gasteiger partial charge is 0.410 e. The van der Waals surface area contributed by atoms with Gasteiger partial charge in [0.05, 0.1) is 11.4 Å². The number of ether oxygens (including phenoxy) is 1. The molecular formula is C18H20Cl2FN5O2. The van der Waals surface area contributed by atoms with E-state index in [0.29, 0.717) is 24.3 Å². The number of piperidine rings is 2. The van der Waals surface area contributed by atoms with Crippen molar-refractivity contribution >= 4 is 46.0 Å². The molecule has 2 unspecified atom stereocenters. The molecule has 2 aromatic heterocycles. The molecule has 0 radical (unpaired) electrons. The topological polar surface area (TPSA) is 71.5 Å². The molecule has 3 fully saturated rings. The number of carbonyl (C=O) groups is 1. The molecule has 2 bridgehead atoms. The predicted molar refractivity (Wildman–Crippen MR) is 104 cm³/mol. The lowest BCUT2D eigenvalue weighted by molar-refractivity contribution is 0.000821. The molecule has 28 heavy (non-hydrogen) atoms. The van der Waals surface area contributed by atoms with Crippen molar-refractivity contribution in [3.05, 3.63) is 22.5 Å². The molecule has 3 saturated heterocycles. The molecule has 0 aromatic carbocycles. The van der Waals surface area contributed by atoms with Crippen LogP contribution in [0.25, 0.3) is 10.9 Å². The lowest BCUT2D eigenvalue weighted by Crippen LogP contribution is -2.64. The van der Waals surface area contributed by atoms with Crippen molar-refractivity contribution in [3.63, 3.8) is 0 Å². The monoisotopic (exact) mass is 427 g/mol. The van der Waals surface area contributed by atoms with E-state index >= 15 is 0 Å². The van der Waals surface area contributed by atoms with Gasteiger partial charge in [0.1, 0.15) is 16.9 Å². The van der Waals surface area contributed by atoms with Crippen LogP contribution in [0.5, 0.6) is 0 Å². The summed E-state index contributed by atoms with van der Waals surface area (Å²) < 4.78 is 19.9. The minimum Gasteiger partial charge on any atom is -0.444 e. The van der Waals surface area contributed by atoms with Gasteiger partial charge >= 0.3 is 6.09 Å². The average Bonchev–Trinajstić information content (AvgIpc) is 2.63. The Morgan fingerprint density at radius 2 is 1.93 bits per heavy atom. The standard InChI is InChI=1S/C18H20Cl2FN5O2/c1-18(2,3)28-17(27)26-8-9-4-5-10(26)7-25(9)15-11-6-22-14(19)12(21)13(11)23-16(20)24-15/h6,9-10H,4-5,7-8H2,1-3H3. The summed E-state index contributed by atoms with van der Waals surface area (Å²) in [6.07, 6.45) is 2.90. The highest BCUT2D eigenvalue weighted by Gasteiger charge is 2.43. The second-order valence-electron chi connectivity index (χ2n) is 8.11. The summed E-state index contributed by atoms with van der Waals surface area (Å²) in [7, 11) is 0. The molecule has 0 aliphatic carbocycles. The van der Waals surface area contributed by atoms with Gasteiger partial charge in [-0.25, -0.2) is 19.2 Å². The largest absolute Gasteiger partial charge is 0.444 e. The third kappa shape index (κ3) is 3.43. The van der Waals surface area contributed by atoms with Crippen LogP contribution in [0, 0.1) is 5.82 Å². The van der Waals surface area contributed by atoms with Crippen LogP contribution in [0.3, 0.4) is 0 Å². The summed E-state index contributed by atoms with van der Waals surface area (Å²) in [5.74, 6) is -0.209. The first-order chi connectivity index (χ1) is 13.1. The molecule has 7 nitrogen and oxygen atoms in total. The van der Waals surface area contributed by atoms with Crippen LogP contribution in [0.2, 0.25) is 10.4 Å². The number of anilines is 1. The Morgan fingerprint density at radius 1 is 1.21 bits per heavy atom. The van der Waals surface area contributed by atoms with Gasteiger partial charge in [-0.05, 0) is 45.2 Å². The fourth-order valence-electron chi connectivity index (χ4n) is 3.84. The maximum Gasteiger partial charge on any atom is 0.410 e. The van der Waals surface area contributed by atoms with Gasteiger partial charge in [0.25, 0.3) is 0 Å². The summed E-state index contributed by atoms with van der Waals surface area (Å²) in [6, 6.07) is -0.000767. The van der Waals surface area contributed by atoms with E-state index in [9.17, 15) is 9.18 Å². The zero-order valence-corrected chi connectivity index (χ0v) is 17.3. The Labute approximate surface area is 171 Å². The lowest BCUT2D eigenvalue weighted by Gasteiger charge is -2.51. The second-order valence-corrected chi connectivity index (χ2v) is 8.81. The van der Waals surface area contributed by atoms with Crippen LogP contribution in [0.1, 0.15) is 33.6 Å². The number of piperazine rings is 1. The summed E-state index contributed by atoms with van der Waals surface area (Å²) in [5.41, 5.74) is -0.507. The van der Waals surface area contributed by atoms with E-state index in [0.717, 1.165) is 12.8 Å². The van der Waals surface area contributed by atoms with Crippen LogP contribution >= 0.6 is 23.2 Å². The molecule has 5 heterocycles. The number of amides is 1. The van der Waals surface area contributed by atoms with Crippen molar-refractivity contribution in [2.24, 2.45) is 0 Å². The van der Waals surface area contributed by atoms with Crippen LogP contribution < -0.4 is 4.90 Å². The number of halogens is 3. The number of pyridine rings is 1. The molecule has 2 atom stereocenters. The Hall–Kier alpha value is -1.93. The van der Waals surface area contributed by atoms with Gasteiger partial charge in [0, 0.05) is 25.3 Å². The van der Waals surface area contributed by atoms with Crippen LogP contribution in [-0.4, -0.2) is 56.7 Å².